The second-order valence-corrected chi connectivity index (χ2v) is 5.86. The molecule has 1 fully saturated rings. The summed E-state index contributed by atoms with van der Waals surface area (Å²) in [7, 11) is 1.94. The number of hydrogen-bond acceptors (Lipinski definition) is 3. The molecule has 1 aromatic heterocycles. The predicted molar refractivity (Wildman–Crippen MR) is 67.7 cm³/mol. The Balaban J connectivity index is 2.03. The van der Waals surface area contributed by atoms with Crippen LogP contribution in [0.2, 0.25) is 0 Å². The minimum atomic E-state index is -0.179. The van der Waals surface area contributed by atoms with Gasteiger partial charge < -0.3 is 10.4 Å². The summed E-state index contributed by atoms with van der Waals surface area (Å²) in [6.07, 6.45) is 2.73. The lowest BCUT2D eigenvalue weighted by atomic mass is 9.64. The maximum Gasteiger partial charge on any atom is 0.0641 e. The highest BCUT2D eigenvalue weighted by atomic mass is 16.3. The van der Waals surface area contributed by atoms with Crippen LogP contribution in [0, 0.1) is 12.3 Å². The van der Waals surface area contributed by atoms with Crippen molar-refractivity contribution >= 4 is 0 Å². The molecular formula is C13H23N3O. The van der Waals surface area contributed by atoms with Crippen molar-refractivity contribution in [2.45, 2.75) is 52.3 Å². The number of aliphatic hydroxyl groups is 1. The first-order valence-corrected chi connectivity index (χ1v) is 6.26. The topological polar surface area (TPSA) is 50.1 Å². The summed E-state index contributed by atoms with van der Waals surface area (Å²) in [5.41, 5.74) is 2.29. The Morgan fingerprint density at radius 3 is 2.65 bits per heavy atom. The van der Waals surface area contributed by atoms with Gasteiger partial charge in [0.25, 0.3) is 0 Å². The van der Waals surface area contributed by atoms with Gasteiger partial charge in [-0.2, -0.15) is 5.10 Å². The third-order valence-electron chi connectivity index (χ3n) is 4.19. The summed E-state index contributed by atoms with van der Waals surface area (Å²) in [6.45, 7) is 8.42. The molecule has 3 atom stereocenters. The summed E-state index contributed by atoms with van der Waals surface area (Å²) in [6, 6.07) is 0.660. The molecule has 2 N–H and O–H groups in total. The molecule has 1 aromatic rings. The van der Waals surface area contributed by atoms with Gasteiger partial charge in [-0.1, -0.05) is 13.8 Å². The molecule has 1 saturated carbocycles. The molecule has 0 bridgehead atoms. The van der Waals surface area contributed by atoms with Crippen LogP contribution in [0.25, 0.3) is 0 Å². The smallest absolute Gasteiger partial charge is 0.0641 e. The van der Waals surface area contributed by atoms with E-state index in [0.717, 1.165) is 12.1 Å². The molecule has 0 radical (unpaired) electrons. The number of rotatable bonds is 3. The van der Waals surface area contributed by atoms with Gasteiger partial charge in [0.1, 0.15) is 0 Å². The number of aromatic nitrogens is 2. The highest BCUT2D eigenvalue weighted by Crippen LogP contribution is 2.41. The van der Waals surface area contributed by atoms with E-state index in [9.17, 15) is 5.11 Å². The van der Waals surface area contributed by atoms with Gasteiger partial charge >= 0.3 is 0 Å². The Kier molecular flexibility index (Phi) is 3.04. The fourth-order valence-corrected chi connectivity index (χ4v) is 2.62. The molecule has 0 aliphatic heterocycles. The minimum Gasteiger partial charge on any atom is -0.392 e. The summed E-state index contributed by atoms with van der Waals surface area (Å²) >= 11 is 0. The second-order valence-electron chi connectivity index (χ2n) is 5.86. The summed E-state index contributed by atoms with van der Waals surface area (Å²) in [5.74, 6) is 0. The quantitative estimate of drug-likeness (QED) is 0.838. The number of aliphatic hydroxyl groups excluding tert-OH is 1. The number of hydrogen-bond donors (Lipinski definition) is 2. The molecule has 1 aliphatic rings. The molecule has 4 nitrogen and oxygen atoms in total. The Morgan fingerprint density at radius 1 is 1.59 bits per heavy atom. The lowest BCUT2D eigenvalue weighted by Crippen LogP contribution is -2.60. The van der Waals surface area contributed by atoms with Crippen LogP contribution in [-0.2, 0) is 7.05 Å². The van der Waals surface area contributed by atoms with Gasteiger partial charge in [-0.05, 0) is 20.3 Å². The lowest BCUT2D eigenvalue weighted by molar-refractivity contribution is -0.0755. The van der Waals surface area contributed by atoms with E-state index in [4.69, 9.17) is 0 Å². The molecule has 17 heavy (non-hydrogen) atoms. The van der Waals surface area contributed by atoms with Gasteiger partial charge in [-0.15, -0.1) is 0 Å². The highest BCUT2D eigenvalue weighted by molar-refractivity contribution is 5.20. The number of nitrogens with one attached hydrogen (secondary N) is 1. The first-order valence-electron chi connectivity index (χ1n) is 6.26. The largest absolute Gasteiger partial charge is 0.392 e. The van der Waals surface area contributed by atoms with E-state index in [1.54, 1.807) is 0 Å². The molecule has 2 rings (SSSR count). The third kappa shape index (κ3) is 2.11. The Hall–Kier alpha value is -0.870. The van der Waals surface area contributed by atoms with E-state index in [0.29, 0.717) is 6.04 Å². The van der Waals surface area contributed by atoms with Gasteiger partial charge in [0.2, 0.25) is 0 Å². The fourth-order valence-electron chi connectivity index (χ4n) is 2.62. The van der Waals surface area contributed by atoms with Crippen molar-refractivity contribution in [2.24, 2.45) is 12.5 Å². The normalized spacial score (nSPS) is 28.8. The number of nitrogens with zero attached hydrogens (tertiary/aromatic N) is 2. The zero-order chi connectivity index (χ0) is 12.8. The fraction of sp³-hybridized carbons (Fsp3) is 0.769. The maximum atomic E-state index is 9.73. The monoisotopic (exact) mass is 237 g/mol. The first-order chi connectivity index (χ1) is 7.82. The molecule has 1 heterocycles. The highest BCUT2D eigenvalue weighted by Gasteiger charge is 2.47. The van der Waals surface area contributed by atoms with Crippen LogP contribution in [0.4, 0.5) is 0 Å². The molecule has 3 unspecified atom stereocenters. The zero-order valence-electron chi connectivity index (χ0n) is 11.4. The summed E-state index contributed by atoms with van der Waals surface area (Å²) in [4.78, 5) is 0. The molecule has 0 saturated heterocycles. The van der Waals surface area contributed by atoms with Crippen molar-refractivity contribution in [1.82, 2.24) is 15.1 Å². The standard InChI is InChI=1S/C13H23N3O/c1-8(10-7-16(5)15-9(10)2)14-11-6-12(17)13(11,3)4/h7-8,11-12,14,17H,6H2,1-5H3. The van der Waals surface area contributed by atoms with Crippen molar-refractivity contribution in [2.75, 3.05) is 0 Å². The van der Waals surface area contributed by atoms with E-state index >= 15 is 0 Å². The van der Waals surface area contributed by atoms with Crippen LogP contribution in [-0.4, -0.2) is 27.0 Å². The zero-order valence-corrected chi connectivity index (χ0v) is 11.4. The van der Waals surface area contributed by atoms with Crippen molar-refractivity contribution in [3.05, 3.63) is 17.5 Å². The van der Waals surface area contributed by atoms with Crippen molar-refractivity contribution in [1.29, 1.82) is 0 Å². The van der Waals surface area contributed by atoms with Crippen LogP contribution in [0.1, 0.15) is 44.5 Å². The van der Waals surface area contributed by atoms with Crippen LogP contribution < -0.4 is 5.32 Å². The van der Waals surface area contributed by atoms with E-state index in [2.05, 4.69) is 37.4 Å². The minimum absolute atomic E-state index is 0.0234. The molecule has 0 aromatic carbocycles. The van der Waals surface area contributed by atoms with Crippen LogP contribution >= 0.6 is 0 Å². The lowest BCUT2D eigenvalue weighted by Gasteiger charge is -2.50. The van der Waals surface area contributed by atoms with Crippen LogP contribution in [0.15, 0.2) is 6.20 Å². The second kappa shape index (κ2) is 4.10. The average molecular weight is 237 g/mol. The molecule has 96 valence electrons. The van der Waals surface area contributed by atoms with Crippen molar-refractivity contribution in [3.63, 3.8) is 0 Å². The van der Waals surface area contributed by atoms with Crippen LogP contribution in [0.3, 0.4) is 0 Å². The van der Waals surface area contributed by atoms with Crippen molar-refractivity contribution in [3.8, 4) is 0 Å². The predicted octanol–water partition coefficient (Wildman–Crippen LogP) is 1.54. The third-order valence-corrected chi connectivity index (χ3v) is 4.19. The van der Waals surface area contributed by atoms with Gasteiger partial charge in [-0.25, -0.2) is 0 Å². The van der Waals surface area contributed by atoms with Crippen molar-refractivity contribution < 1.29 is 5.11 Å². The molecule has 4 heteroatoms. The Morgan fingerprint density at radius 2 is 2.24 bits per heavy atom. The number of aryl methyl sites for hydroxylation is 2. The van der Waals surface area contributed by atoms with Gasteiger partial charge in [0.15, 0.2) is 0 Å². The Labute approximate surface area is 103 Å². The SMILES string of the molecule is Cc1nn(C)cc1C(C)NC1CC(O)C1(C)C. The summed E-state index contributed by atoms with van der Waals surface area (Å²) < 4.78 is 1.85. The van der Waals surface area contributed by atoms with E-state index in [1.807, 2.05) is 18.7 Å². The van der Waals surface area contributed by atoms with E-state index in [-0.39, 0.29) is 17.6 Å². The Bertz CT molecular complexity index is 411. The van der Waals surface area contributed by atoms with Gasteiger partial charge in [0, 0.05) is 36.3 Å². The maximum absolute atomic E-state index is 9.73. The first kappa shape index (κ1) is 12.6. The van der Waals surface area contributed by atoms with Crippen LogP contribution in [0.5, 0.6) is 0 Å². The van der Waals surface area contributed by atoms with E-state index in [1.165, 1.54) is 5.56 Å². The molecule has 1 aliphatic carbocycles. The summed E-state index contributed by atoms with van der Waals surface area (Å²) in [5, 5.41) is 17.7. The molecular weight excluding hydrogens is 214 g/mol. The molecule has 0 amide bonds. The van der Waals surface area contributed by atoms with E-state index < -0.39 is 0 Å². The average Bonchev–Trinajstić information content (AvgIpc) is 2.57. The van der Waals surface area contributed by atoms with Gasteiger partial charge in [-0.3, -0.25) is 4.68 Å². The van der Waals surface area contributed by atoms with Gasteiger partial charge in [0.05, 0.1) is 11.8 Å². The molecule has 0 spiro atoms.